The van der Waals surface area contributed by atoms with Crippen LogP contribution in [-0.4, -0.2) is 19.4 Å². The van der Waals surface area contributed by atoms with E-state index >= 15 is 0 Å². The maximum absolute atomic E-state index is 11.3. The molecule has 0 spiro atoms. The fraction of sp³-hybridized carbons (Fsp3) is 0.308. The van der Waals surface area contributed by atoms with Gasteiger partial charge in [-0.15, -0.1) is 0 Å². The summed E-state index contributed by atoms with van der Waals surface area (Å²) in [5, 5.41) is 3.07. The van der Waals surface area contributed by atoms with Crippen LogP contribution in [0.5, 0.6) is 5.75 Å². The van der Waals surface area contributed by atoms with E-state index in [2.05, 4.69) is 11.9 Å². The molecule has 16 heavy (non-hydrogen) atoms. The molecule has 0 heterocycles. The van der Waals surface area contributed by atoms with Crippen molar-refractivity contribution in [3.05, 3.63) is 42.0 Å². The molecule has 0 aliphatic carbocycles. The molecule has 0 atom stereocenters. The average molecular weight is 219 g/mol. The van der Waals surface area contributed by atoms with Gasteiger partial charge in [0.05, 0.1) is 13.7 Å². The number of carbonyl (C=O) groups excluding carboxylic acids is 1. The van der Waals surface area contributed by atoms with E-state index in [1.165, 1.54) is 0 Å². The van der Waals surface area contributed by atoms with E-state index in [-0.39, 0.29) is 5.78 Å². The van der Waals surface area contributed by atoms with Crippen LogP contribution in [0.4, 0.5) is 0 Å². The van der Waals surface area contributed by atoms with Crippen molar-refractivity contribution in [2.75, 3.05) is 13.7 Å². The summed E-state index contributed by atoms with van der Waals surface area (Å²) in [7, 11) is 1.64. The van der Waals surface area contributed by atoms with Gasteiger partial charge in [-0.1, -0.05) is 18.7 Å². The van der Waals surface area contributed by atoms with Gasteiger partial charge in [0.15, 0.2) is 5.78 Å². The van der Waals surface area contributed by atoms with Gasteiger partial charge in [0.2, 0.25) is 0 Å². The molecular weight excluding hydrogens is 202 g/mol. The van der Waals surface area contributed by atoms with Gasteiger partial charge in [-0.3, -0.25) is 4.79 Å². The minimum atomic E-state index is 0.0495. The molecule has 0 aliphatic heterocycles. The maximum atomic E-state index is 11.3. The maximum Gasteiger partial charge on any atom is 0.171 e. The summed E-state index contributed by atoms with van der Waals surface area (Å²) in [4.78, 5) is 11.3. The van der Waals surface area contributed by atoms with Gasteiger partial charge in [0.25, 0.3) is 0 Å². The number of carbonyl (C=O) groups is 1. The van der Waals surface area contributed by atoms with Crippen LogP contribution in [0.2, 0.25) is 0 Å². The largest absolute Gasteiger partial charge is 0.497 e. The summed E-state index contributed by atoms with van der Waals surface area (Å²) < 4.78 is 5.06. The molecule has 3 heteroatoms. The molecule has 0 bridgehead atoms. The normalized spacial score (nSPS) is 9.88. The Morgan fingerprint density at radius 1 is 1.38 bits per heavy atom. The molecule has 0 fully saturated rings. The minimum absolute atomic E-state index is 0.0495. The molecule has 0 unspecified atom stereocenters. The lowest BCUT2D eigenvalue weighted by Crippen LogP contribution is -2.22. The van der Waals surface area contributed by atoms with Crippen molar-refractivity contribution in [3.8, 4) is 5.75 Å². The lowest BCUT2D eigenvalue weighted by Gasteiger charge is -2.05. The number of ketones is 1. The molecule has 1 rings (SSSR count). The molecule has 1 aromatic carbocycles. The van der Waals surface area contributed by atoms with Gasteiger partial charge >= 0.3 is 0 Å². The quantitative estimate of drug-likeness (QED) is 0.743. The second-order valence-electron chi connectivity index (χ2n) is 3.66. The third-order valence-electron chi connectivity index (χ3n) is 2.25. The molecule has 86 valence electrons. The number of ether oxygens (including phenoxy) is 1. The number of methoxy groups -OCH3 is 1. The van der Waals surface area contributed by atoms with Crippen molar-refractivity contribution >= 4 is 5.78 Å². The third kappa shape index (κ3) is 3.87. The van der Waals surface area contributed by atoms with Gasteiger partial charge in [0, 0.05) is 6.54 Å². The minimum Gasteiger partial charge on any atom is -0.497 e. The monoisotopic (exact) mass is 219 g/mol. The number of nitrogens with one attached hydrogen (secondary N) is 1. The Morgan fingerprint density at radius 3 is 2.50 bits per heavy atom. The van der Waals surface area contributed by atoms with E-state index < -0.39 is 0 Å². The van der Waals surface area contributed by atoms with Crippen LogP contribution in [0.25, 0.3) is 0 Å². The van der Waals surface area contributed by atoms with Crippen LogP contribution in [0.3, 0.4) is 0 Å². The fourth-order valence-electron chi connectivity index (χ4n) is 1.21. The van der Waals surface area contributed by atoms with E-state index in [0.717, 1.165) is 11.3 Å². The molecular formula is C13H17NO2. The molecule has 0 saturated heterocycles. The van der Waals surface area contributed by atoms with E-state index in [4.69, 9.17) is 4.74 Å². The molecule has 1 N–H and O–H groups in total. The van der Waals surface area contributed by atoms with Crippen molar-refractivity contribution in [2.24, 2.45) is 0 Å². The topological polar surface area (TPSA) is 38.3 Å². The van der Waals surface area contributed by atoms with Crippen LogP contribution < -0.4 is 10.1 Å². The number of benzene rings is 1. The zero-order valence-corrected chi connectivity index (χ0v) is 9.75. The summed E-state index contributed by atoms with van der Waals surface area (Å²) in [6.45, 7) is 6.32. The number of rotatable bonds is 6. The molecule has 3 nitrogen and oxygen atoms in total. The Balaban J connectivity index is 2.37. The Hall–Kier alpha value is -1.61. The number of Topliss-reactive ketones (excluding diaryl/α,β-unsaturated/α-hetero) is 1. The fourth-order valence-corrected chi connectivity index (χ4v) is 1.21. The molecule has 0 amide bonds. The van der Waals surface area contributed by atoms with Crippen LogP contribution in [0, 0.1) is 0 Å². The summed E-state index contributed by atoms with van der Waals surface area (Å²) in [6, 6.07) is 7.74. The van der Waals surface area contributed by atoms with E-state index in [0.29, 0.717) is 18.7 Å². The first-order valence-corrected chi connectivity index (χ1v) is 5.16. The first-order valence-electron chi connectivity index (χ1n) is 5.16. The molecule has 1 aromatic rings. The van der Waals surface area contributed by atoms with Gasteiger partial charge in [-0.25, -0.2) is 0 Å². The van der Waals surface area contributed by atoms with Gasteiger partial charge < -0.3 is 10.1 Å². The second-order valence-corrected chi connectivity index (χ2v) is 3.66. The lowest BCUT2D eigenvalue weighted by atomic mass is 10.2. The summed E-state index contributed by atoms with van der Waals surface area (Å²) >= 11 is 0. The molecule has 0 saturated carbocycles. The average Bonchev–Trinajstić information content (AvgIpc) is 2.29. The number of hydrogen-bond donors (Lipinski definition) is 1. The predicted molar refractivity (Wildman–Crippen MR) is 64.5 cm³/mol. The second kappa shape index (κ2) is 6.08. The summed E-state index contributed by atoms with van der Waals surface area (Å²) in [5.41, 5.74) is 1.71. The molecule has 0 aliphatic rings. The Morgan fingerprint density at radius 2 is 2.00 bits per heavy atom. The van der Waals surface area contributed by atoms with Crippen molar-refractivity contribution in [3.63, 3.8) is 0 Å². The lowest BCUT2D eigenvalue weighted by molar-refractivity contribution is -0.114. The third-order valence-corrected chi connectivity index (χ3v) is 2.25. The van der Waals surface area contributed by atoms with Crippen LogP contribution in [-0.2, 0) is 11.3 Å². The van der Waals surface area contributed by atoms with Crippen molar-refractivity contribution in [1.29, 1.82) is 0 Å². The van der Waals surface area contributed by atoms with Crippen molar-refractivity contribution in [2.45, 2.75) is 13.5 Å². The van der Waals surface area contributed by atoms with Crippen LogP contribution in [0.15, 0.2) is 36.4 Å². The highest BCUT2D eigenvalue weighted by atomic mass is 16.5. The van der Waals surface area contributed by atoms with Crippen LogP contribution >= 0.6 is 0 Å². The highest BCUT2D eigenvalue weighted by Crippen LogP contribution is 2.10. The summed E-state index contributed by atoms with van der Waals surface area (Å²) in [5.74, 6) is 0.885. The highest BCUT2D eigenvalue weighted by molar-refractivity contribution is 5.95. The Kier molecular flexibility index (Phi) is 4.73. The standard InChI is InChI=1S/C13H17NO2/c1-10(2)13(15)9-14-8-11-4-6-12(16-3)7-5-11/h4-7,14H,1,8-9H2,2-3H3. The zero-order chi connectivity index (χ0) is 12.0. The van der Waals surface area contributed by atoms with E-state index in [9.17, 15) is 4.79 Å². The van der Waals surface area contributed by atoms with Crippen molar-refractivity contribution < 1.29 is 9.53 Å². The van der Waals surface area contributed by atoms with Gasteiger partial charge in [0.1, 0.15) is 5.75 Å². The highest BCUT2D eigenvalue weighted by Gasteiger charge is 2.01. The summed E-state index contributed by atoms with van der Waals surface area (Å²) in [6.07, 6.45) is 0. The first-order chi connectivity index (χ1) is 7.63. The van der Waals surface area contributed by atoms with Gasteiger partial charge in [-0.05, 0) is 30.2 Å². The zero-order valence-electron chi connectivity index (χ0n) is 9.75. The Labute approximate surface area is 96.1 Å². The van der Waals surface area contributed by atoms with E-state index in [1.807, 2.05) is 24.3 Å². The number of hydrogen-bond acceptors (Lipinski definition) is 3. The predicted octanol–water partition coefficient (Wildman–Crippen LogP) is 1.93. The molecule has 0 aromatic heterocycles. The van der Waals surface area contributed by atoms with Crippen LogP contribution in [0.1, 0.15) is 12.5 Å². The van der Waals surface area contributed by atoms with Gasteiger partial charge in [-0.2, -0.15) is 0 Å². The Bertz CT molecular complexity index is 368. The SMILES string of the molecule is C=C(C)C(=O)CNCc1ccc(OC)cc1. The van der Waals surface area contributed by atoms with Crippen molar-refractivity contribution in [1.82, 2.24) is 5.32 Å². The molecule has 0 radical (unpaired) electrons. The van der Waals surface area contributed by atoms with E-state index in [1.54, 1.807) is 14.0 Å². The smallest absolute Gasteiger partial charge is 0.171 e. The first kappa shape index (κ1) is 12.5.